The third-order valence-corrected chi connectivity index (χ3v) is 4.95. The monoisotopic (exact) mass is 366 g/mol. The third-order valence-electron chi connectivity index (χ3n) is 4.10. The third kappa shape index (κ3) is 4.32. The fraction of sp³-hybridized carbons (Fsp3) is 0.529. The van der Waals surface area contributed by atoms with Gasteiger partial charge in [0.25, 0.3) is 0 Å². The number of carbonyl (C=O) groups excluding carboxylic acids is 2. The van der Waals surface area contributed by atoms with Gasteiger partial charge in [0, 0.05) is 30.2 Å². The molecule has 0 N–H and O–H groups in total. The van der Waals surface area contributed by atoms with Crippen LogP contribution in [0.4, 0.5) is 5.69 Å². The van der Waals surface area contributed by atoms with Crippen LogP contribution in [0.3, 0.4) is 0 Å². The van der Waals surface area contributed by atoms with Gasteiger partial charge in [0.15, 0.2) is 0 Å². The van der Waals surface area contributed by atoms with Gasteiger partial charge in [-0.05, 0) is 37.5 Å². The molecule has 4 nitrogen and oxygen atoms in total. The molecule has 1 aromatic carbocycles. The van der Waals surface area contributed by atoms with E-state index in [4.69, 9.17) is 0 Å². The molecule has 0 spiro atoms. The van der Waals surface area contributed by atoms with Crippen molar-refractivity contribution >= 4 is 33.4 Å². The zero-order chi connectivity index (χ0) is 16.1. The van der Waals surface area contributed by atoms with Crippen molar-refractivity contribution < 1.29 is 9.59 Å². The van der Waals surface area contributed by atoms with E-state index in [1.54, 1.807) is 4.90 Å². The summed E-state index contributed by atoms with van der Waals surface area (Å²) >= 11 is 3.48. The van der Waals surface area contributed by atoms with Gasteiger partial charge in [-0.15, -0.1) is 0 Å². The van der Waals surface area contributed by atoms with Crippen molar-refractivity contribution in [3.05, 3.63) is 28.2 Å². The Labute approximate surface area is 140 Å². The minimum atomic E-state index is -0.112. The van der Waals surface area contributed by atoms with E-state index in [-0.39, 0.29) is 18.4 Å². The maximum atomic E-state index is 12.5. The number of amides is 2. The van der Waals surface area contributed by atoms with Crippen LogP contribution in [0.5, 0.6) is 0 Å². The summed E-state index contributed by atoms with van der Waals surface area (Å²) in [6, 6.07) is 5.73. The van der Waals surface area contributed by atoms with Crippen molar-refractivity contribution in [2.24, 2.45) is 0 Å². The summed E-state index contributed by atoms with van der Waals surface area (Å²) in [6.45, 7) is 5.23. The second kappa shape index (κ2) is 7.77. The van der Waals surface area contributed by atoms with Gasteiger partial charge in [0.1, 0.15) is 6.54 Å². The van der Waals surface area contributed by atoms with Gasteiger partial charge < -0.3 is 9.80 Å². The number of benzene rings is 1. The van der Waals surface area contributed by atoms with E-state index in [9.17, 15) is 9.59 Å². The standard InChI is InChI=1S/C17H23BrN2O2/c1-13-7-8-15(11-16(13)18)20(14(2)21)12-17(22)19-9-5-3-4-6-10-19/h7-8,11H,3-6,9-10,12H2,1-2H3. The molecular weight excluding hydrogens is 344 g/mol. The fourth-order valence-electron chi connectivity index (χ4n) is 2.69. The predicted octanol–water partition coefficient (Wildman–Crippen LogP) is 3.51. The number of anilines is 1. The molecule has 1 aliphatic rings. The van der Waals surface area contributed by atoms with Crippen LogP contribution >= 0.6 is 15.9 Å². The van der Waals surface area contributed by atoms with E-state index in [1.807, 2.05) is 30.0 Å². The van der Waals surface area contributed by atoms with Crippen LogP contribution in [-0.2, 0) is 9.59 Å². The molecule has 1 aliphatic heterocycles. The SMILES string of the molecule is CC(=O)N(CC(=O)N1CCCCCC1)c1ccc(C)c(Br)c1. The van der Waals surface area contributed by atoms with Crippen LogP contribution in [0.25, 0.3) is 0 Å². The first-order valence-corrected chi connectivity index (χ1v) is 8.60. The van der Waals surface area contributed by atoms with Crippen LogP contribution in [-0.4, -0.2) is 36.3 Å². The summed E-state index contributed by atoms with van der Waals surface area (Å²) in [6.07, 6.45) is 4.49. The highest BCUT2D eigenvalue weighted by molar-refractivity contribution is 9.10. The summed E-state index contributed by atoms with van der Waals surface area (Å²) in [7, 11) is 0. The van der Waals surface area contributed by atoms with Gasteiger partial charge in [-0.2, -0.15) is 0 Å². The molecule has 0 atom stereocenters. The summed E-state index contributed by atoms with van der Waals surface area (Å²) in [5.41, 5.74) is 1.86. The fourth-order valence-corrected chi connectivity index (χ4v) is 3.06. The molecule has 1 aromatic rings. The highest BCUT2D eigenvalue weighted by atomic mass is 79.9. The van der Waals surface area contributed by atoms with Gasteiger partial charge in [0.2, 0.25) is 11.8 Å². The lowest BCUT2D eigenvalue weighted by Crippen LogP contribution is -2.42. The van der Waals surface area contributed by atoms with Crippen LogP contribution in [0.2, 0.25) is 0 Å². The van der Waals surface area contributed by atoms with Gasteiger partial charge in [-0.3, -0.25) is 9.59 Å². The smallest absolute Gasteiger partial charge is 0.242 e. The molecule has 0 unspecified atom stereocenters. The van der Waals surface area contributed by atoms with Crippen molar-refractivity contribution in [3.8, 4) is 0 Å². The number of aryl methyl sites for hydroxylation is 1. The molecule has 120 valence electrons. The Bertz CT molecular complexity index is 552. The molecule has 0 aliphatic carbocycles. The lowest BCUT2D eigenvalue weighted by molar-refractivity contribution is -0.131. The molecule has 0 bridgehead atoms. The molecular formula is C17H23BrN2O2. The minimum absolute atomic E-state index is 0.0359. The van der Waals surface area contributed by atoms with Crippen LogP contribution in [0.15, 0.2) is 22.7 Å². The quantitative estimate of drug-likeness (QED) is 0.820. The average molecular weight is 367 g/mol. The summed E-state index contributed by atoms with van der Waals surface area (Å²) in [5.74, 6) is -0.0762. The van der Waals surface area contributed by atoms with Crippen LogP contribution < -0.4 is 4.90 Å². The normalized spacial score (nSPS) is 15.3. The molecule has 1 heterocycles. The average Bonchev–Trinajstić information content (AvgIpc) is 2.76. The first kappa shape index (κ1) is 17.0. The zero-order valence-electron chi connectivity index (χ0n) is 13.3. The van der Waals surface area contributed by atoms with E-state index < -0.39 is 0 Å². The first-order chi connectivity index (χ1) is 10.5. The molecule has 22 heavy (non-hydrogen) atoms. The Morgan fingerprint density at radius 2 is 1.82 bits per heavy atom. The lowest BCUT2D eigenvalue weighted by Gasteiger charge is -2.26. The molecule has 5 heteroatoms. The number of rotatable bonds is 3. The Balaban J connectivity index is 2.12. The predicted molar refractivity (Wildman–Crippen MR) is 92.0 cm³/mol. The molecule has 2 rings (SSSR count). The summed E-state index contributed by atoms with van der Waals surface area (Å²) in [4.78, 5) is 27.9. The maximum absolute atomic E-state index is 12.5. The van der Waals surface area contributed by atoms with Crippen molar-refractivity contribution in [2.75, 3.05) is 24.5 Å². The van der Waals surface area contributed by atoms with Crippen molar-refractivity contribution in [1.29, 1.82) is 0 Å². The number of nitrogens with zero attached hydrogens (tertiary/aromatic N) is 2. The van der Waals surface area contributed by atoms with E-state index in [2.05, 4.69) is 15.9 Å². The Kier molecular flexibility index (Phi) is 6.00. The highest BCUT2D eigenvalue weighted by Gasteiger charge is 2.21. The zero-order valence-corrected chi connectivity index (χ0v) is 14.9. The molecule has 0 aromatic heterocycles. The van der Waals surface area contributed by atoms with E-state index in [1.165, 1.54) is 19.8 Å². The topological polar surface area (TPSA) is 40.6 Å². The molecule has 0 saturated carbocycles. The summed E-state index contributed by atoms with van der Waals surface area (Å²) in [5, 5.41) is 0. The van der Waals surface area contributed by atoms with Gasteiger partial charge in [0.05, 0.1) is 0 Å². The van der Waals surface area contributed by atoms with E-state index in [0.29, 0.717) is 0 Å². The summed E-state index contributed by atoms with van der Waals surface area (Å²) < 4.78 is 0.943. The molecule has 0 radical (unpaired) electrons. The largest absolute Gasteiger partial charge is 0.341 e. The van der Waals surface area contributed by atoms with Crippen molar-refractivity contribution in [3.63, 3.8) is 0 Å². The number of carbonyl (C=O) groups is 2. The van der Waals surface area contributed by atoms with Gasteiger partial charge in [-0.1, -0.05) is 34.8 Å². The van der Waals surface area contributed by atoms with Crippen LogP contribution in [0, 0.1) is 6.92 Å². The van der Waals surface area contributed by atoms with Crippen LogP contribution in [0.1, 0.15) is 38.2 Å². The number of halogens is 1. The van der Waals surface area contributed by atoms with Gasteiger partial charge >= 0.3 is 0 Å². The highest BCUT2D eigenvalue weighted by Crippen LogP contribution is 2.24. The number of hydrogen-bond acceptors (Lipinski definition) is 2. The van der Waals surface area contributed by atoms with E-state index in [0.717, 1.165) is 41.7 Å². The number of likely N-dealkylation sites (tertiary alicyclic amines) is 1. The second-order valence-corrected chi connectivity index (χ2v) is 6.69. The Morgan fingerprint density at radius 1 is 1.18 bits per heavy atom. The Morgan fingerprint density at radius 3 is 2.36 bits per heavy atom. The molecule has 2 amide bonds. The lowest BCUT2D eigenvalue weighted by atomic mass is 10.2. The first-order valence-electron chi connectivity index (χ1n) is 7.81. The molecule has 1 saturated heterocycles. The molecule has 1 fully saturated rings. The van der Waals surface area contributed by atoms with Crippen molar-refractivity contribution in [2.45, 2.75) is 39.5 Å². The van der Waals surface area contributed by atoms with Gasteiger partial charge in [-0.25, -0.2) is 0 Å². The van der Waals surface area contributed by atoms with E-state index >= 15 is 0 Å². The minimum Gasteiger partial charge on any atom is -0.341 e. The second-order valence-electron chi connectivity index (χ2n) is 5.83. The van der Waals surface area contributed by atoms with Crippen molar-refractivity contribution in [1.82, 2.24) is 4.90 Å². The maximum Gasteiger partial charge on any atom is 0.242 e. The Hall–Kier alpha value is -1.36. The number of hydrogen-bond donors (Lipinski definition) is 0.